The minimum absolute atomic E-state index is 0.146. The van der Waals surface area contributed by atoms with Crippen molar-refractivity contribution in [3.8, 4) is 11.5 Å². The first-order chi connectivity index (χ1) is 10.7. The first kappa shape index (κ1) is 13.9. The van der Waals surface area contributed by atoms with E-state index in [9.17, 15) is 10.1 Å². The monoisotopic (exact) mass is 296 g/mol. The molecule has 0 aliphatic heterocycles. The zero-order valence-corrected chi connectivity index (χ0v) is 11.6. The topological polar surface area (TPSA) is 101 Å². The SMILES string of the molecule is [N-]=[N+]=Nc1cc(Oc2ccc3c(c2)CCC3)cc([N+](=O)[O-])c1. The quantitative estimate of drug-likeness (QED) is 0.266. The van der Waals surface area contributed by atoms with Gasteiger partial charge in [0, 0.05) is 16.7 Å². The molecule has 1 aliphatic rings. The highest BCUT2D eigenvalue weighted by Gasteiger charge is 2.13. The molecule has 0 amide bonds. The van der Waals surface area contributed by atoms with Gasteiger partial charge in [-0.3, -0.25) is 10.1 Å². The van der Waals surface area contributed by atoms with Crippen LogP contribution in [0.4, 0.5) is 11.4 Å². The largest absolute Gasteiger partial charge is 0.457 e. The Morgan fingerprint density at radius 2 is 1.95 bits per heavy atom. The Kier molecular flexibility index (Phi) is 3.64. The van der Waals surface area contributed by atoms with Crippen molar-refractivity contribution < 1.29 is 9.66 Å². The third-order valence-corrected chi connectivity index (χ3v) is 3.55. The minimum atomic E-state index is -0.550. The van der Waals surface area contributed by atoms with Gasteiger partial charge in [-0.05, 0) is 54.1 Å². The molecule has 0 spiro atoms. The first-order valence-electron chi connectivity index (χ1n) is 6.80. The third kappa shape index (κ3) is 2.84. The van der Waals surface area contributed by atoms with Crippen molar-refractivity contribution in [3.63, 3.8) is 0 Å². The molecular weight excluding hydrogens is 284 g/mol. The molecule has 3 rings (SSSR count). The molecular formula is C15H12N4O3. The second-order valence-electron chi connectivity index (χ2n) is 5.02. The number of azide groups is 1. The lowest BCUT2D eigenvalue weighted by Crippen LogP contribution is -1.91. The zero-order valence-electron chi connectivity index (χ0n) is 11.6. The average molecular weight is 296 g/mol. The fourth-order valence-corrected chi connectivity index (χ4v) is 2.59. The summed E-state index contributed by atoms with van der Waals surface area (Å²) in [6.07, 6.45) is 3.23. The van der Waals surface area contributed by atoms with E-state index >= 15 is 0 Å². The van der Waals surface area contributed by atoms with E-state index in [1.165, 1.54) is 29.3 Å². The van der Waals surface area contributed by atoms with E-state index in [1.807, 2.05) is 18.2 Å². The number of nitrogens with zero attached hydrogens (tertiary/aromatic N) is 4. The van der Waals surface area contributed by atoms with Crippen molar-refractivity contribution in [2.45, 2.75) is 19.3 Å². The normalized spacial score (nSPS) is 12.4. The van der Waals surface area contributed by atoms with Crippen LogP contribution >= 0.6 is 0 Å². The Morgan fingerprint density at radius 1 is 1.14 bits per heavy atom. The molecule has 0 fully saturated rings. The second kappa shape index (κ2) is 5.75. The van der Waals surface area contributed by atoms with Gasteiger partial charge in [0.2, 0.25) is 0 Å². The molecule has 0 heterocycles. The Labute approximate surface area is 125 Å². The van der Waals surface area contributed by atoms with Gasteiger partial charge in [0.25, 0.3) is 5.69 Å². The maximum absolute atomic E-state index is 10.9. The Balaban J connectivity index is 1.94. The summed E-state index contributed by atoms with van der Waals surface area (Å²) in [4.78, 5) is 13.0. The first-order valence-corrected chi connectivity index (χ1v) is 6.80. The van der Waals surface area contributed by atoms with Crippen LogP contribution in [0.25, 0.3) is 10.4 Å². The number of nitro benzene ring substituents is 1. The summed E-state index contributed by atoms with van der Waals surface area (Å²) in [6.45, 7) is 0. The molecule has 110 valence electrons. The lowest BCUT2D eigenvalue weighted by Gasteiger charge is -2.08. The fraction of sp³-hybridized carbons (Fsp3) is 0.200. The summed E-state index contributed by atoms with van der Waals surface area (Å²) in [5.74, 6) is 0.891. The molecule has 1 aliphatic carbocycles. The standard InChI is InChI=1S/C15H12N4O3/c16-18-17-12-7-13(19(20)21)9-15(8-12)22-14-5-4-10-2-1-3-11(10)6-14/h4-9H,1-3H2. The van der Waals surface area contributed by atoms with Crippen LogP contribution in [-0.2, 0) is 12.8 Å². The van der Waals surface area contributed by atoms with Crippen LogP contribution in [0.5, 0.6) is 11.5 Å². The van der Waals surface area contributed by atoms with Crippen molar-refractivity contribution in [2.24, 2.45) is 5.11 Å². The molecule has 22 heavy (non-hydrogen) atoms. The number of hydrogen-bond donors (Lipinski definition) is 0. The molecule has 0 saturated carbocycles. The van der Waals surface area contributed by atoms with E-state index in [4.69, 9.17) is 10.3 Å². The number of fused-ring (bicyclic) bond motifs is 1. The third-order valence-electron chi connectivity index (χ3n) is 3.55. The summed E-state index contributed by atoms with van der Waals surface area (Å²) in [5, 5.41) is 14.3. The lowest BCUT2D eigenvalue weighted by molar-refractivity contribution is -0.384. The van der Waals surface area contributed by atoms with Gasteiger partial charge < -0.3 is 4.74 Å². The molecule has 7 nitrogen and oxygen atoms in total. The number of aryl methyl sites for hydroxylation is 2. The molecule has 0 unspecified atom stereocenters. The summed E-state index contributed by atoms with van der Waals surface area (Å²) in [5.41, 5.74) is 11.0. The van der Waals surface area contributed by atoms with Crippen molar-refractivity contribution in [3.05, 3.63) is 68.1 Å². The summed E-state index contributed by atoms with van der Waals surface area (Å²) >= 11 is 0. The Hall–Kier alpha value is -3.05. The molecule has 0 radical (unpaired) electrons. The van der Waals surface area contributed by atoms with Crippen molar-refractivity contribution in [1.82, 2.24) is 0 Å². The van der Waals surface area contributed by atoms with Crippen LogP contribution in [0.2, 0.25) is 0 Å². The lowest BCUT2D eigenvalue weighted by atomic mass is 10.1. The van der Waals surface area contributed by atoms with Gasteiger partial charge in [0.15, 0.2) is 0 Å². The molecule has 2 aromatic rings. The molecule has 0 N–H and O–H groups in total. The van der Waals surface area contributed by atoms with Gasteiger partial charge in [0.05, 0.1) is 11.0 Å². The van der Waals surface area contributed by atoms with E-state index in [0.717, 1.165) is 19.3 Å². The average Bonchev–Trinajstić information content (AvgIpc) is 2.95. The Morgan fingerprint density at radius 3 is 2.73 bits per heavy atom. The molecule has 0 aromatic heterocycles. The highest BCUT2D eigenvalue weighted by Crippen LogP contribution is 2.33. The van der Waals surface area contributed by atoms with E-state index in [-0.39, 0.29) is 17.1 Å². The van der Waals surface area contributed by atoms with Gasteiger partial charge in [-0.1, -0.05) is 11.2 Å². The van der Waals surface area contributed by atoms with Crippen LogP contribution in [0.15, 0.2) is 41.5 Å². The zero-order chi connectivity index (χ0) is 15.5. The number of nitro groups is 1. The van der Waals surface area contributed by atoms with Gasteiger partial charge in [0.1, 0.15) is 11.5 Å². The molecule has 0 saturated heterocycles. The van der Waals surface area contributed by atoms with Crippen LogP contribution in [-0.4, -0.2) is 4.92 Å². The number of benzene rings is 2. The van der Waals surface area contributed by atoms with Crippen LogP contribution in [0, 0.1) is 10.1 Å². The molecule has 7 heteroatoms. The summed E-state index contributed by atoms with van der Waals surface area (Å²) in [7, 11) is 0. The van der Waals surface area contributed by atoms with Gasteiger partial charge in [-0.2, -0.15) is 0 Å². The van der Waals surface area contributed by atoms with Crippen molar-refractivity contribution in [2.75, 3.05) is 0 Å². The van der Waals surface area contributed by atoms with Crippen LogP contribution in [0.3, 0.4) is 0 Å². The smallest absolute Gasteiger partial charge is 0.273 e. The fourth-order valence-electron chi connectivity index (χ4n) is 2.59. The number of hydrogen-bond acceptors (Lipinski definition) is 4. The second-order valence-corrected chi connectivity index (χ2v) is 5.02. The number of non-ortho nitro benzene ring substituents is 1. The van der Waals surface area contributed by atoms with Crippen molar-refractivity contribution in [1.29, 1.82) is 0 Å². The van der Waals surface area contributed by atoms with Gasteiger partial charge in [-0.15, -0.1) is 0 Å². The van der Waals surface area contributed by atoms with Gasteiger partial charge in [-0.25, -0.2) is 0 Å². The predicted molar refractivity (Wildman–Crippen MR) is 80.4 cm³/mol. The van der Waals surface area contributed by atoms with E-state index in [1.54, 1.807) is 0 Å². The summed E-state index contributed by atoms with van der Waals surface area (Å²) in [6, 6.07) is 9.80. The van der Waals surface area contributed by atoms with E-state index < -0.39 is 4.92 Å². The van der Waals surface area contributed by atoms with E-state index in [2.05, 4.69) is 10.0 Å². The molecule has 2 aromatic carbocycles. The van der Waals surface area contributed by atoms with Gasteiger partial charge >= 0.3 is 0 Å². The maximum Gasteiger partial charge on any atom is 0.273 e. The highest BCUT2D eigenvalue weighted by atomic mass is 16.6. The number of ether oxygens (including phenoxy) is 1. The number of rotatable bonds is 4. The highest BCUT2D eigenvalue weighted by molar-refractivity contribution is 5.54. The Bertz CT molecular complexity index is 777. The van der Waals surface area contributed by atoms with E-state index in [0.29, 0.717) is 5.75 Å². The molecule has 0 bridgehead atoms. The van der Waals surface area contributed by atoms with Crippen LogP contribution in [0.1, 0.15) is 17.5 Å². The molecule has 0 atom stereocenters. The summed E-state index contributed by atoms with van der Waals surface area (Å²) < 4.78 is 5.69. The van der Waals surface area contributed by atoms with Crippen molar-refractivity contribution >= 4 is 11.4 Å². The van der Waals surface area contributed by atoms with Crippen LogP contribution < -0.4 is 4.74 Å². The maximum atomic E-state index is 10.9. The predicted octanol–water partition coefficient (Wildman–Crippen LogP) is 4.82. The minimum Gasteiger partial charge on any atom is -0.457 e.